The van der Waals surface area contributed by atoms with E-state index >= 15 is 0 Å². The van der Waals surface area contributed by atoms with Crippen molar-refractivity contribution in [3.8, 4) is 5.75 Å². The lowest BCUT2D eigenvalue weighted by Crippen LogP contribution is -2.47. The number of rotatable bonds is 6. The largest absolute Gasteiger partial charge is 0.481 e. The first-order valence-electron chi connectivity index (χ1n) is 9.47. The molecule has 0 radical (unpaired) electrons. The van der Waals surface area contributed by atoms with E-state index in [1.807, 2.05) is 36.4 Å². The van der Waals surface area contributed by atoms with Gasteiger partial charge in [0.25, 0.3) is 17.5 Å². The second-order valence-corrected chi connectivity index (χ2v) is 7.07. The van der Waals surface area contributed by atoms with Gasteiger partial charge in [0.1, 0.15) is 11.4 Å². The lowest BCUT2D eigenvalue weighted by atomic mass is 10.1. The molecule has 0 saturated heterocycles. The van der Waals surface area contributed by atoms with Crippen LogP contribution in [0.15, 0.2) is 60.7 Å². The number of anilines is 1. The second-order valence-electron chi connectivity index (χ2n) is 7.07. The number of benzene rings is 3. The first-order chi connectivity index (χ1) is 14.8. The fourth-order valence-corrected chi connectivity index (χ4v) is 2.98. The van der Waals surface area contributed by atoms with Crippen molar-refractivity contribution in [2.75, 3.05) is 19.0 Å². The molecule has 0 aliphatic carbocycles. The molecule has 0 fully saturated rings. The van der Waals surface area contributed by atoms with Gasteiger partial charge in [-0.3, -0.25) is 30.6 Å². The van der Waals surface area contributed by atoms with Crippen LogP contribution in [0.5, 0.6) is 5.75 Å². The van der Waals surface area contributed by atoms with Crippen molar-refractivity contribution < 1.29 is 19.2 Å². The van der Waals surface area contributed by atoms with Gasteiger partial charge in [-0.05, 0) is 42.0 Å². The van der Waals surface area contributed by atoms with Crippen LogP contribution < -0.4 is 20.5 Å². The lowest BCUT2D eigenvalue weighted by Gasteiger charge is -2.16. The summed E-state index contributed by atoms with van der Waals surface area (Å²) in [6.45, 7) is 1.55. The molecule has 0 spiro atoms. The van der Waals surface area contributed by atoms with Crippen LogP contribution in [0.25, 0.3) is 10.8 Å². The molecule has 3 aromatic carbocycles. The quantitative estimate of drug-likeness (QED) is 0.466. The maximum absolute atomic E-state index is 12.3. The standard InChI is InChI=1S/C22H22N4O5/c1-14(31-18-10-8-15-6-4-5-7-16(15)12-18)21(27)23-24-22(28)17-9-11-19(25(2)3)20(13-17)26(29)30/h4-14H,1-3H3,(H,23,27)(H,24,28). The topological polar surface area (TPSA) is 114 Å². The van der Waals surface area contributed by atoms with Gasteiger partial charge < -0.3 is 9.64 Å². The molecule has 31 heavy (non-hydrogen) atoms. The number of carbonyl (C=O) groups is 2. The predicted octanol–water partition coefficient (Wildman–Crippen LogP) is 3.04. The number of hydrogen-bond acceptors (Lipinski definition) is 6. The van der Waals surface area contributed by atoms with Gasteiger partial charge in [-0.1, -0.05) is 30.3 Å². The summed E-state index contributed by atoms with van der Waals surface area (Å²) >= 11 is 0. The first kappa shape index (κ1) is 21.6. The molecular weight excluding hydrogens is 400 g/mol. The molecule has 160 valence electrons. The first-order valence-corrected chi connectivity index (χ1v) is 9.47. The molecule has 2 amide bonds. The number of nitro benzene ring substituents is 1. The van der Waals surface area contributed by atoms with Crippen LogP contribution in [0.4, 0.5) is 11.4 Å². The van der Waals surface area contributed by atoms with Crippen LogP contribution in [-0.4, -0.2) is 36.9 Å². The highest BCUT2D eigenvalue weighted by Gasteiger charge is 2.20. The highest BCUT2D eigenvalue weighted by molar-refractivity contribution is 5.97. The molecule has 1 atom stereocenters. The number of hydrazine groups is 1. The fraction of sp³-hybridized carbons (Fsp3) is 0.182. The Hall–Kier alpha value is -4.14. The third-order valence-electron chi connectivity index (χ3n) is 4.62. The van der Waals surface area contributed by atoms with Crippen LogP contribution in [-0.2, 0) is 4.79 Å². The van der Waals surface area contributed by atoms with Crippen molar-refractivity contribution in [1.82, 2.24) is 10.9 Å². The summed E-state index contributed by atoms with van der Waals surface area (Å²) in [4.78, 5) is 36.9. The molecule has 9 heteroatoms. The van der Waals surface area contributed by atoms with Gasteiger partial charge in [0.05, 0.1) is 4.92 Å². The number of hydrogen-bond donors (Lipinski definition) is 2. The zero-order valence-electron chi connectivity index (χ0n) is 17.3. The van der Waals surface area contributed by atoms with E-state index in [1.165, 1.54) is 12.1 Å². The summed E-state index contributed by atoms with van der Waals surface area (Å²) in [5, 5.41) is 13.3. The number of amides is 2. The Morgan fingerprint density at radius 2 is 1.71 bits per heavy atom. The number of nitrogens with zero attached hydrogens (tertiary/aromatic N) is 2. The smallest absolute Gasteiger partial charge is 0.293 e. The number of fused-ring (bicyclic) bond motifs is 1. The maximum Gasteiger partial charge on any atom is 0.293 e. The van der Waals surface area contributed by atoms with Crippen molar-refractivity contribution in [2.24, 2.45) is 0 Å². The normalized spacial score (nSPS) is 11.5. The highest BCUT2D eigenvalue weighted by atomic mass is 16.6. The molecule has 0 aliphatic rings. The van der Waals surface area contributed by atoms with Gasteiger partial charge in [-0.15, -0.1) is 0 Å². The summed E-state index contributed by atoms with van der Waals surface area (Å²) < 4.78 is 5.66. The lowest BCUT2D eigenvalue weighted by molar-refractivity contribution is -0.384. The van der Waals surface area contributed by atoms with E-state index in [0.717, 1.165) is 16.8 Å². The van der Waals surface area contributed by atoms with Crippen LogP contribution in [0.3, 0.4) is 0 Å². The van der Waals surface area contributed by atoms with Crippen molar-refractivity contribution in [3.63, 3.8) is 0 Å². The predicted molar refractivity (Wildman–Crippen MR) is 117 cm³/mol. The van der Waals surface area contributed by atoms with E-state index < -0.39 is 22.8 Å². The molecule has 0 aliphatic heterocycles. The van der Waals surface area contributed by atoms with Crippen LogP contribution in [0, 0.1) is 10.1 Å². The van der Waals surface area contributed by atoms with E-state index in [-0.39, 0.29) is 11.3 Å². The Morgan fingerprint density at radius 3 is 2.39 bits per heavy atom. The number of nitrogens with one attached hydrogen (secondary N) is 2. The number of ether oxygens (including phenoxy) is 1. The maximum atomic E-state index is 12.3. The minimum absolute atomic E-state index is 0.0423. The van der Waals surface area contributed by atoms with E-state index in [9.17, 15) is 19.7 Å². The Balaban J connectivity index is 1.62. The zero-order valence-corrected chi connectivity index (χ0v) is 17.3. The monoisotopic (exact) mass is 422 g/mol. The van der Waals surface area contributed by atoms with Crippen LogP contribution in [0.1, 0.15) is 17.3 Å². The number of carbonyl (C=O) groups excluding carboxylic acids is 2. The van der Waals surface area contributed by atoms with Crippen LogP contribution >= 0.6 is 0 Å². The Kier molecular flexibility index (Phi) is 6.35. The Bertz CT molecular complexity index is 1150. The second kappa shape index (κ2) is 9.12. The minimum Gasteiger partial charge on any atom is -0.481 e. The summed E-state index contributed by atoms with van der Waals surface area (Å²) in [5.41, 5.74) is 4.73. The SMILES string of the molecule is CC(Oc1ccc2ccccc2c1)C(=O)NNC(=O)c1ccc(N(C)C)c([N+](=O)[O-])c1. The van der Waals surface area contributed by atoms with E-state index in [2.05, 4.69) is 10.9 Å². The van der Waals surface area contributed by atoms with Gasteiger partial charge in [0.15, 0.2) is 6.10 Å². The van der Waals surface area contributed by atoms with Crippen LogP contribution in [0.2, 0.25) is 0 Å². The molecule has 0 aromatic heterocycles. The number of nitro groups is 1. The zero-order chi connectivity index (χ0) is 22.5. The van der Waals surface area contributed by atoms with Gasteiger partial charge in [-0.25, -0.2) is 0 Å². The molecular formula is C22H22N4O5. The molecule has 9 nitrogen and oxygen atoms in total. The summed E-state index contributed by atoms with van der Waals surface area (Å²) in [5.74, 6) is -0.733. The minimum atomic E-state index is -0.882. The van der Waals surface area contributed by atoms with E-state index in [0.29, 0.717) is 11.4 Å². The van der Waals surface area contributed by atoms with Crippen molar-refractivity contribution in [2.45, 2.75) is 13.0 Å². The molecule has 3 aromatic rings. The summed E-state index contributed by atoms with van der Waals surface area (Å²) in [6.07, 6.45) is -0.882. The average molecular weight is 422 g/mol. The van der Waals surface area contributed by atoms with Crippen molar-refractivity contribution in [3.05, 3.63) is 76.3 Å². The molecule has 0 heterocycles. The van der Waals surface area contributed by atoms with Gasteiger partial charge in [0.2, 0.25) is 0 Å². The molecule has 3 rings (SSSR count). The van der Waals surface area contributed by atoms with Crippen molar-refractivity contribution in [1.29, 1.82) is 0 Å². The third kappa shape index (κ3) is 5.08. The van der Waals surface area contributed by atoms with Gasteiger partial charge in [0, 0.05) is 25.7 Å². The molecule has 0 bridgehead atoms. The average Bonchev–Trinajstić information content (AvgIpc) is 2.76. The Labute approximate surface area is 178 Å². The van der Waals surface area contributed by atoms with Crippen molar-refractivity contribution >= 4 is 34.0 Å². The van der Waals surface area contributed by atoms with Gasteiger partial charge >= 0.3 is 0 Å². The molecule has 2 N–H and O–H groups in total. The molecule has 0 saturated carbocycles. The Morgan fingerprint density at radius 1 is 1.00 bits per heavy atom. The van der Waals surface area contributed by atoms with E-state index in [1.54, 1.807) is 32.0 Å². The molecule has 1 unspecified atom stereocenters. The summed E-state index contributed by atoms with van der Waals surface area (Å²) in [6, 6.07) is 17.3. The fourth-order valence-electron chi connectivity index (χ4n) is 2.98. The third-order valence-corrected chi connectivity index (χ3v) is 4.62. The van der Waals surface area contributed by atoms with Gasteiger partial charge in [-0.2, -0.15) is 0 Å². The summed E-state index contributed by atoms with van der Waals surface area (Å²) in [7, 11) is 3.33. The highest BCUT2D eigenvalue weighted by Crippen LogP contribution is 2.27. The van der Waals surface area contributed by atoms with E-state index in [4.69, 9.17) is 4.74 Å².